The van der Waals surface area contributed by atoms with E-state index in [-0.39, 0.29) is 0 Å². The molecule has 0 bridgehead atoms. The van der Waals surface area contributed by atoms with E-state index in [2.05, 4.69) is 25.3 Å². The normalized spacial score (nSPS) is 10.3. The molecule has 0 amide bonds. The summed E-state index contributed by atoms with van der Waals surface area (Å²) in [4.78, 5) is 19.0. The molecule has 1 N–H and O–H groups in total. The van der Waals surface area contributed by atoms with Crippen molar-refractivity contribution in [3.8, 4) is 6.01 Å². The first-order chi connectivity index (χ1) is 9.72. The van der Waals surface area contributed by atoms with Crippen molar-refractivity contribution in [2.75, 3.05) is 30.4 Å². The molecule has 0 aliphatic rings. The van der Waals surface area contributed by atoms with Crippen molar-refractivity contribution < 1.29 is 4.74 Å². The van der Waals surface area contributed by atoms with E-state index < -0.39 is 0 Å². The van der Waals surface area contributed by atoms with Crippen LogP contribution < -0.4 is 15.0 Å². The maximum Gasteiger partial charge on any atom is 0.323 e. The summed E-state index contributed by atoms with van der Waals surface area (Å²) in [6.07, 6.45) is 0. The highest BCUT2D eigenvalue weighted by Crippen LogP contribution is 2.16. The molecule has 0 aliphatic carbocycles. The van der Waals surface area contributed by atoms with Crippen LogP contribution in [0.3, 0.4) is 0 Å². The average Bonchev–Trinajstić information content (AvgIpc) is 2.92. The molecule has 0 aliphatic heterocycles. The maximum atomic E-state index is 5.38. The third kappa shape index (κ3) is 3.77. The van der Waals surface area contributed by atoms with Gasteiger partial charge in [-0.05, 0) is 13.8 Å². The number of hydrogen-bond acceptors (Lipinski definition) is 8. The number of rotatable bonds is 7. The Balaban J connectivity index is 2.19. The number of nitrogens with zero attached hydrogens (tertiary/aromatic N) is 5. The van der Waals surface area contributed by atoms with E-state index in [4.69, 9.17) is 4.74 Å². The van der Waals surface area contributed by atoms with Crippen molar-refractivity contribution in [3.63, 3.8) is 0 Å². The second-order valence-corrected chi connectivity index (χ2v) is 4.76. The molecule has 0 radical (unpaired) electrons. The molecule has 2 aromatic rings. The van der Waals surface area contributed by atoms with Gasteiger partial charge in [0, 0.05) is 19.0 Å². The van der Waals surface area contributed by atoms with Crippen LogP contribution in [-0.2, 0) is 6.54 Å². The van der Waals surface area contributed by atoms with Crippen LogP contribution in [0.5, 0.6) is 6.01 Å². The first-order valence-electron chi connectivity index (χ1n) is 6.43. The zero-order valence-corrected chi connectivity index (χ0v) is 12.6. The fourth-order valence-electron chi connectivity index (χ4n) is 1.58. The molecule has 8 heteroatoms. The number of aromatic nitrogens is 4. The van der Waals surface area contributed by atoms with Crippen LogP contribution >= 0.6 is 11.3 Å². The Morgan fingerprint density at radius 1 is 1.30 bits per heavy atom. The van der Waals surface area contributed by atoms with Gasteiger partial charge in [-0.15, -0.1) is 11.3 Å². The molecule has 0 atom stereocenters. The standard InChI is InChI=1S/C12H18N6OS/c1-4-13-10-15-11(17-12(16-10)19-5-2)18(3)6-9-7-20-8-14-9/h7-8H,4-6H2,1-3H3,(H,13,15,16,17). The van der Waals surface area contributed by atoms with Gasteiger partial charge < -0.3 is 15.0 Å². The van der Waals surface area contributed by atoms with Crippen molar-refractivity contribution in [2.45, 2.75) is 20.4 Å². The highest BCUT2D eigenvalue weighted by molar-refractivity contribution is 7.07. The van der Waals surface area contributed by atoms with Gasteiger partial charge in [-0.25, -0.2) is 4.98 Å². The quantitative estimate of drug-likeness (QED) is 0.834. The summed E-state index contributed by atoms with van der Waals surface area (Å²) in [5.41, 5.74) is 2.80. The van der Waals surface area contributed by atoms with E-state index >= 15 is 0 Å². The van der Waals surface area contributed by atoms with Gasteiger partial charge in [-0.2, -0.15) is 15.0 Å². The SMILES string of the molecule is CCNc1nc(OCC)nc(N(C)Cc2cscn2)n1. The van der Waals surface area contributed by atoms with E-state index in [0.29, 0.717) is 31.1 Å². The summed E-state index contributed by atoms with van der Waals surface area (Å²) in [7, 11) is 1.92. The van der Waals surface area contributed by atoms with Crippen molar-refractivity contribution in [2.24, 2.45) is 0 Å². The van der Waals surface area contributed by atoms with Crippen LogP contribution in [0, 0.1) is 0 Å². The third-order valence-corrected chi connectivity index (χ3v) is 3.07. The zero-order chi connectivity index (χ0) is 14.4. The molecule has 108 valence electrons. The Hall–Kier alpha value is -1.96. The summed E-state index contributed by atoms with van der Waals surface area (Å²) in [5.74, 6) is 1.08. The fraction of sp³-hybridized carbons (Fsp3) is 0.500. The minimum Gasteiger partial charge on any atom is -0.464 e. The van der Waals surface area contributed by atoms with Crippen molar-refractivity contribution >= 4 is 23.2 Å². The van der Waals surface area contributed by atoms with Crippen LogP contribution in [0.25, 0.3) is 0 Å². The molecule has 2 rings (SSSR count). The monoisotopic (exact) mass is 294 g/mol. The summed E-state index contributed by atoms with van der Waals surface area (Å²) in [6.45, 7) is 5.79. The largest absolute Gasteiger partial charge is 0.464 e. The molecule has 0 aromatic carbocycles. The Morgan fingerprint density at radius 2 is 2.15 bits per heavy atom. The van der Waals surface area contributed by atoms with Crippen LogP contribution in [-0.4, -0.2) is 40.1 Å². The second-order valence-electron chi connectivity index (χ2n) is 4.04. The lowest BCUT2D eigenvalue weighted by Crippen LogP contribution is -2.21. The van der Waals surface area contributed by atoms with E-state index in [1.54, 1.807) is 11.3 Å². The Morgan fingerprint density at radius 3 is 2.80 bits per heavy atom. The van der Waals surface area contributed by atoms with E-state index in [9.17, 15) is 0 Å². The number of nitrogens with one attached hydrogen (secondary N) is 1. The zero-order valence-electron chi connectivity index (χ0n) is 11.8. The van der Waals surface area contributed by atoms with Gasteiger partial charge in [-0.3, -0.25) is 0 Å². The van der Waals surface area contributed by atoms with Gasteiger partial charge in [0.2, 0.25) is 11.9 Å². The topological polar surface area (TPSA) is 76.1 Å². The molecular formula is C12H18N6OS. The van der Waals surface area contributed by atoms with Gasteiger partial charge in [0.05, 0.1) is 24.4 Å². The minimum absolute atomic E-state index is 0.332. The van der Waals surface area contributed by atoms with Gasteiger partial charge in [0.1, 0.15) is 0 Å². The van der Waals surface area contributed by atoms with Gasteiger partial charge >= 0.3 is 6.01 Å². The Kier molecular flexibility index (Phi) is 5.05. The predicted octanol–water partition coefficient (Wildman–Crippen LogP) is 1.79. The highest BCUT2D eigenvalue weighted by atomic mass is 32.1. The number of thiazole rings is 1. The molecule has 20 heavy (non-hydrogen) atoms. The summed E-state index contributed by atoms with van der Waals surface area (Å²) in [6, 6.07) is 0.332. The van der Waals surface area contributed by atoms with Crippen molar-refractivity contribution in [1.82, 2.24) is 19.9 Å². The molecule has 0 saturated carbocycles. The van der Waals surface area contributed by atoms with E-state index in [1.165, 1.54) is 0 Å². The third-order valence-electron chi connectivity index (χ3n) is 2.44. The lowest BCUT2D eigenvalue weighted by atomic mass is 10.4. The lowest BCUT2D eigenvalue weighted by Gasteiger charge is -2.17. The summed E-state index contributed by atoms with van der Waals surface area (Å²) in [5, 5.41) is 5.08. The van der Waals surface area contributed by atoms with Crippen molar-refractivity contribution in [1.29, 1.82) is 0 Å². The lowest BCUT2D eigenvalue weighted by molar-refractivity contribution is 0.312. The first kappa shape index (κ1) is 14.4. The molecule has 0 saturated heterocycles. The molecular weight excluding hydrogens is 276 g/mol. The molecule has 2 aromatic heterocycles. The Labute approximate surface area is 122 Å². The molecule has 0 unspecified atom stereocenters. The van der Waals surface area contributed by atoms with Crippen LogP contribution in [0.4, 0.5) is 11.9 Å². The maximum absolute atomic E-state index is 5.38. The first-order valence-corrected chi connectivity index (χ1v) is 7.38. The predicted molar refractivity (Wildman–Crippen MR) is 79.4 cm³/mol. The van der Waals surface area contributed by atoms with Gasteiger partial charge in [0.25, 0.3) is 0 Å². The Bertz CT molecular complexity index is 508. The smallest absolute Gasteiger partial charge is 0.323 e. The number of hydrogen-bond donors (Lipinski definition) is 1. The highest BCUT2D eigenvalue weighted by Gasteiger charge is 2.12. The van der Waals surface area contributed by atoms with Gasteiger partial charge in [0.15, 0.2) is 0 Å². The number of ether oxygens (including phenoxy) is 1. The molecule has 2 heterocycles. The summed E-state index contributed by atoms with van der Waals surface area (Å²) < 4.78 is 5.38. The van der Waals surface area contributed by atoms with Crippen LogP contribution in [0.1, 0.15) is 19.5 Å². The average molecular weight is 294 g/mol. The van der Waals surface area contributed by atoms with E-state index in [1.807, 2.05) is 36.7 Å². The fourth-order valence-corrected chi connectivity index (χ4v) is 2.13. The summed E-state index contributed by atoms with van der Waals surface area (Å²) >= 11 is 1.57. The van der Waals surface area contributed by atoms with Crippen molar-refractivity contribution in [3.05, 3.63) is 16.6 Å². The number of anilines is 2. The minimum atomic E-state index is 0.332. The molecule has 7 nitrogen and oxygen atoms in total. The van der Waals surface area contributed by atoms with Crippen LogP contribution in [0.2, 0.25) is 0 Å². The molecule has 0 fully saturated rings. The second kappa shape index (κ2) is 6.99. The van der Waals surface area contributed by atoms with Gasteiger partial charge in [-0.1, -0.05) is 0 Å². The van der Waals surface area contributed by atoms with Crippen LogP contribution in [0.15, 0.2) is 10.9 Å². The molecule has 0 spiro atoms. The van der Waals surface area contributed by atoms with E-state index in [0.717, 1.165) is 12.2 Å².